The summed E-state index contributed by atoms with van der Waals surface area (Å²) < 4.78 is 0. The predicted octanol–water partition coefficient (Wildman–Crippen LogP) is 1.58. The molecular weight excluding hydrogens is 188 g/mol. The number of carbonyl (C=O) groups excluding carboxylic acids is 1. The molecule has 0 aromatic carbocycles. The lowest BCUT2D eigenvalue weighted by Crippen LogP contribution is -2.56. The topological polar surface area (TPSA) is 41.1 Å². The molecule has 3 heteroatoms. The Morgan fingerprint density at radius 2 is 2.27 bits per heavy atom. The van der Waals surface area contributed by atoms with Crippen molar-refractivity contribution in [3.63, 3.8) is 0 Å². The molecule has 1 aliphatic heterocycles. The molecule has 15 heavy (non-hydrogen) atoms. The van der Waals surface area contributed by atoms with Crippen molar-refractivity contribution in [1.82, 2.24) is 10.6 Å². The third kappa shape index (κ3) is 2.17. The summed E-state index contributed by atoms with van der Waals surface area (Å²) in [5.74, 6) is 0.256. The first kappa shape index (κ1) is 10.9. The van der Waals surface area contributed by atoms with E-state index in [0.717, 1.165) is 32.2 Å². The van der Waals surface area contributed by atoms with E-state index in [-0.39, 0.29) is 11.4 Å². The van der Waals surface area contributed by atoms with Gasteiger partial charge in [0.05, 0.1) is 5.54 Å². The fraction of sp³-hybridized carbons (Fsp3) is 0.917. The highest BCUT2D eigenvalue weighted by atomic mass is 16.2. The van der Waals surface area contributed by atoms with Crippen LogP contribution in [-0.4, -0.2) is 24.0 Å². The van der Waals surface area contributed by atoms with Gasteiger partial charge >= 0.3 is 0 Å². The summed E-state index contributed by atoms with van der Waals surface area (Å²) in [6.45, 7) is 3.15. The third-order valence-electron chi connectivity index (χ3n) is 3.80. The smallest absolute Gasteiger partial charge is 0.240 e. The van der Waals surface area contributed by atoms with E-state index in [1.54, 1.807) is 0 Å². The van der Waals surface area contributed by atoms with Crippen molar-refractivity contribution in [2.75, 3.05) is 6.54 Å². The lowest BCUT2D eigenvalue weighted by atomic mass is 9.88. The minimum atomic E-state index is -0.232. The van der Waals surface area contributed by atoms with Gasteiger partial charge in [0.25, 0.3) is 0 Å². The van der Waals surface area contributed by atoms with E-state index in [9.17, 15) is 4.79 Å². The molecule has 86 valence electrons. The third-order valence-corrected chi connectivity index (χ3v) is 3.80. The van der Waals surface area contributed by atoms with Crippen molar-refractivity contribution in [2.24, 2.45) is 0 Å². The van der Waals surface area contributed by atoms with Crippen molar-refractivity contribution in [3.05, 3.63) is 0 Å². The molecule has 0 spiro atoms. The minimum Gasteiger partial charge on any atom is -0.352 e. The van der Waals surface area contributed by atoms with Crippen molar-refractivity contribution < 1.29 is 4.79 Å². The normalized spacial score (nSPS) is 31.3. The summed E-state index contributed by atoms with van der Waals surface area (Å²) >= 11 is 0. The molecule has 2 fully saturated rings. The maximum atomic E-state index is 12.2. The summed E-state index contributed by atoms with van der Waals surface area (Å²) in [7, 11) is 0. The van der Waals surface area contributed by atoms with Gasteiger partial charge in [-0.2, -0.15) is 0 Å². The van der Waals surface area contributed by atoms with Gasteiger partial charge in [0.2, 0.25) is 5.91 Å². The molecule has 1 amide bonds. The van der Waals surface area contributed by atoms with Crippen molar-refractivity contribution >= 4 is 5.91 Å². The molecule has 2 rings (SSSR count). The molecule has 3 nitrogen and oxygen atoms in total. The molecule has 0 aromatic rings. The van der Waals surface area contributed by atoms with Crippen LogP contribution in [0, 0.1) is 0 Å². The summed E-state index contributed by atoms with van der Waals surface area (Å²) in [5.41, 5.74) is -0.232. The van der Waals surface area contributed by atoms with Gasteiger partial charge in [-0.15, -0.1) is 0 Å². The van der Waals surface area contributed by atoms with Crippen LogP contribution in [0.15, 0.2) is 0 Å². The molecule has 1 unspecified atom stereocenters. The largest absolute Gasteiger partial charge is 0.352 e. The Hall–Kier alpha value is -0.570. The Balaban J connectivity index is 1.93. The van der Waals surface area contributed by atoms with E-state index in [0.29, 0.717) is 6.04 Å². The summed E-state index contributed by atoms with van der Waals surface area (Å²) in [6.07, 6.45) is 7.83. The Kier molecular flexibility index (Phi) is 3.29. The van der Waals surface area contributed by atoms with Gasteiger partial charge in [-0.1, -0.05) is 13.3 Å². The molecule has 1 heterocycles. The first-order valence-corrected chi connectivity index (χ1v) is 6.33. The highest BCUT2D eigenvalue weighted by molar-refractivity contribution is 5.87. The van der Waals surface area contributed by atoms with Crippen LogP contribution in [-0.2, 0) is 4.79 Å². The first-order valence-electron chi connectivity index (χ1n) is 6.33. The second-order valence-corrected chi connectivity index (χ2v) is 4.96. The van der Waals surface area contributed by atoms with Crippen LogP contribution in [0.4, 0.5) is 0 Å². The summed E-state index contributed by atoms with van der Waals surface area (Å²) in [6, 6.07) is 0.466. The van der Waals surface area contributed by atoms with E-state index in [2.05, 4.69) is 17.6 Å². The molecule has 1 saturated heterocycles. The standard InChI is InChI=1S/C12H22N2O/c1-2-7-12(8-4-9-13-12)11(15)14-10-5-3-6-10/h10,13H,2-9H2,1H3,(H,14,15). The highest BCUT2D eigenvalue weighted by Crippen LogP contribution is 2.26. The minimum absolute atomic E-state index is 0.232. The van der Waals surface area contributed by atoms with Crippen molar-refractivity contribution in [1.29, 1.82) is 0 Å². The molecule has 0 bridgehead atoms. The fourth-order valence-electron chi connectivity index (χ4n) is 2.63. The second-order valence-electron chi connectivity index (χ2n) is 4.96. The van der Waals surface area contributed by atoms with E-state index < -0.39 is 0 Å². The van der Waals surface area contributed by atoms with Gasteiger partial charge in [-0.05, 0) is 45.1 Å². The van der Waals surface area contributed by atoms with Gasteiger partial charge < -0.3 is 10.6 Å². The van der Waals surface area contributed by atoms with Gasteiger partial charge in [-0.3, -0.25) is 4.79 Å². The van der Waals surface area contributed by atoms with Crippen LogP contribution in [0.5, 0.6) is 0 Å². The number of nitrogens with one attached hydrogen (secondary N) is 2. The predicted molar refractivity (Wildman–Crippen MR) is 60.7 cm³/mol. The molecule has 2 aliphatic rings. The molecule has 1 aliphatic carbocycles. The molecule has 0 aromatic heterocycles. The number of rotatable bonds is 4. The second kappa shape index (κ2) is 4.52. The van der Waals surface area contributed by atoms with Gasteiger partial charge in [0.15, 0.2) is 0 Å². The van der Waals surface area contributed by atoms with E-state index in [1.165, 1.54) is 19.3 Å². The van der Waals surface area contributed by atoms with Crippen LogP contribution in [0.3, 0.4) is 0 Å². The van der Waals surface area contributed by atoms with E-state index in [1.807, 2.05) is 0 Å². The number of amides is 1. The Morgan fingerprint density at radius 1 is 1.47 bits per heavy atom. The highest BCUT2D eigenvalue weighted by Gasteiger charge is 2.40. The zero-order chi connectivity index (χ0) is 10.7. The van der Waals surface area contributed by atoms with Crippen molar-refractivity contribution in [3.8, 4) is 0 Å². The summed E-state index contributed by atoms with van der Waals surface area (Å²) in [4.78, 5) is 12.2. The molecule has 0 radical (unpaired) electrons. The zero-order valence-electron chi connectivity index (χ0n) is 9.64. The fourth-order valence-corrected chi connectivity index (χ4v) is 2.63. The maximum absolute atomic E-state index is 12.2. The SMILES string of the molecule is CCCC1(C(=O)NC2CCC2)CCCN1. The Morgan fingerprint density at radius 3 is 2.73 bits per heavy atom. The number of carbonyl (C=O) groups is 1. The molecule has 1 saturated carbocycles. The van der Waals surface area contributed by atoms with Crippen LogP contribution < -0.4 is 10.6 Å². The quantitative estimate of drug-likeness (QED) is 0.739. The summed E-state index contributed by atoms with van der Waals surface area (Å²) in [5, 5.41) is 6.59. The van der Waals surface area contributed by atoms with Gasteiger partial charge in [-0.25, -0.2) is 0 Å². The van der Waals surface area contributed by atoms with Crippen LogP contribution in [0.2, 0.25) is 0 Å². The lowest BCUT2D eigenvalue weighted by Gasteiger charge is -2.33. The average Bonchev–Trinajstić information content (AvgIpc) is 2.61. The zero-order valence-corrected chi connectivity index (χ0v) is 9.64. The van der Waals surface area contributed by atoms with Crippen LogP contribution >= 0.6 is 0 Å². The Labute approximate surface area is 92.0 Å². The monoisotopic (exact) mass is 210 g/mol. The van der Waals surface area contributed by atoms with Gasteiger partial charge in [0, 0.05) is 6.04 Å². The van der Waals surface area contributed by atoms with Crippen LogP contribution in [0.25, 0.3) is 0 Å². The number of hydrogen-bond acceptors (Lipinski definition) is 2. The van der Waals surface area contributed by atoms with Crippen LogP contribution in [0.1, 0.15) is 51.9 Å². The average molecular weight is 210 g/mol. The molecule has 2 N–H and O–H groups in total. The first-order chi connectivity index (χ1) is 7.27. The Bertz CT molecular complexity index is 230. The van der Waals surface area contributed by atoms with E-state index >= 15 is 0 Å². The van der Waals surface area contributed by atoms with Gasteiger partial charge in [0.1, 0.15) is 0 Å². The molecule has 1 atom stereocenters. The number of hydrogen-bond donors (Lipinski definition) is 2. The van der Waals surface area contributed by atoms with Crippen molar-refractivity contribution in [2.45, 2.75) is 63.5 Å². The maximum Gasteiger partial charge on any atom is 0.240 e. The van der Waals surface area contributed by atoms with E-state index in [4.69, 9.17) is 0 Å². The lowest BCUT2D eigenvalue weighted by molar-refractivity contribution is -0.128. The molecular formula is C12H22N2O.